The van der Waals surface area contributed by atoms with E-state index in [-0.39, 0.29) is 11.0 Å². The topological polar surface area (TPSA) is 95.6 Å². The molecule has 1 unspecified atom stereocenters. The summed E-state index contributed by atoms with van der Waals surface area (Å²) in [5, 5.41) is 8.34. The van der Waals surface area contributed by atoms with Gasteiger partial charge in [-0.15, -0.1) is 11.3 Å². The molecule has 4 aromatic rings. The first-order chi connectivity index (χ1) is 18.6. The normalized spacial score (nSPS) is 19.4. The number of furan rings is 1. The monoisotopic (exact) mass is 549 g/mol. The number of fused-ring (bicyclic) bond motifs is 2. The molecule has 2 aliphatic heterocycles. The van der Waals surface area contributed by atoms with Crippen LogP contribution in [-0.2, 0) is 16.8 Å². The maximum Gasteiger partial charge on any atom is 0.196 e. The Morgan fingerprint density at radius 3 is 2.87 bits per heavy atom. The SMILES string of the molecule is COc1cc(OCc2csc(C3(C4=CC=CNC4)CCC3)n2)c2cc(-c3cn4c(n3)SC(OC)N4)oc2c1. The molecular weight excluding hydrogens is 522 g/mol. The van der Waals surface area contributed by atoms with Crippen molar-refractivity contribution in [2.75, 3.05) is 26.2 Å². The van der Waals surface area contributed by atoms with Gasteiger partial charge in [0, 0.05) is 36.6 Å². The number of rotatable bonds is 8. The van der Waals surface area contributed by atoms with Gasteiger partial charge in [0.25, 0.3) is 0 Å². The first kappa shape index (κ1) is 23.7. The van der Waals surface area contributed by atoms with Crippen LogP contribution in [0.4, 0.5) is 0 Å². The molecule has 0 radical (unpaired) electrons. The molecule has 1 fully saturated rings. The van der Waals surface area contributed by atoms with Gasteiger partial charge in [0.05, 0.1) is 24.4 Å². The molecule has 0 amide bonds. The summed E-state index contributed by atoms with van der Waals surface area (Å²) in [7, 11) is 3.30. The quantitative estimate of drug-likeness (QED) is 0.300. The zero-order valence-electron chi connectivity index (χ0n) is 21.0. The van der Waals surface area contributed by atoms with Gasteiger partial charge in [0.1, 0.15) is 34.4 Å². The van der Waals surface area contributed by atoms with E-state index in [1.165, 1.54) is 28.8 Å². The molecule has 196 valence electrons. The third-order valence-corrected chi connectivity index (χ3v) is 9.47. The Morgan fingerprint density at radius 1 is 1.21 bits per heavy atom. The molecule has 3 aromatic heterocycles. The molecule has 1 aromatic carbocycles. The van der Waals surface area contributed by atoms with E-state index in [2.05, 4.69) is 28.3 Å². The first-order valence-electron chi connectivity index (χ1n) is 12.5. The molecule has 7 rings (SSSR count). The van der Waals surface area contributed by atoms with Gasteiger partial charge < -0.3 is 23.9 Å². The minimum absolute atomic E-state index is 0.0601. The summed E-state index contributed by atoms with van der Waals surface area (Å²) in [6, 6.07) is 5.72. The van der Waals surface area contributed by atoms with Crippen LogP contribution in [-0.4, -0.2) is 41.0 Å². The molecule has 9 nitrogen and oxygen atoms in total. The van der Waals surface area contributed by atoms with Crippen LogP contribution in [0.1, 0.15) is 30.0 Å². The summed E-state index contributed by atoms with van der Waals surface area (Å²) in [5.41, 5.74) is 6.88. The van der Waals surface area contributed by atoms with E-state index in [9.17, 15) is 0 Å². The van der Waals surface area contributed by atoms with Gasteiger partial charge in [-0.05, 0) is 48.5 Å². The summed E-state index contributed by atoms with van der Waals surface area (Å²) < 4.78 is 25.2. The molecular formula is C27H27N5O4S2. The van der Waals surface area contributed by atoms with E-state index < -0.39 is 0 Å². The van der Waals surface area contributed by atoms with Crippen molar-refractivity contribution in [3.05, 3.63) is 64.4 Å². The van der Waals surface area contributed by atoms with Crippen molar-refractivity contribution in [2.24, 2.45) is 0 Å². The molecule has 0 bridgehead atoms. The van der Waals surface area contributed by atoms with E-state index >= 15 is 0 Å². The number of thioether (sulfide) groups is 1. The molecule has 1 aliphatic carbocycles. The Bertz CT molecular complexity index is 1540. The number of imidazole rings is 1. The fraction of sp³-hybridized carbons (Fsp3) is 0.333. The van der Waals surface area contributed by atoms with E-state index in [0.717, 1.165) is 41.3 Å². The van der Waals surface area contributed by atoms with E-state index in [4.69, 9.17) is 28.6 Å². The molecule has 11 heteroatoms. The summed E-state index contributed by atoms with van der Waals surface area (Å²) >= 11 is 3.24. The molecule has 2 N–H and O–H groups in total. The number of ether oxygens (including phenoxy) is 3. The zero-order valence-corrected chi connectivity index (χ0v) is 22.7. The van der Waals surface area contributed by atoms with Crippen LogP contribution in [0.2, 0.25) is 0 Å². The van der Waals surface area contributed by atoms with Crippen molar-refractivity contribution in [2.45, 2.75) is 42.0 Å². The number of nitrogens with zero attached hydrogens (tertiary/aromatic N) is 3. The number of hydrogen-bond acceptors (Lipinski definition) is 10. The molecule has 3 aliphatic rings. The Morgan fingerprint density at radius 2 is 2.13 bits per heavy atom. The van der Waals surface area contributed by atoms with Crippen LogP contribution in [0.3, 0.4) is 0 Å². The van der Waals surface area contributed by atoms with Crippen LogP contribution >= 0.6 is 23.1 Å². The number of dihydropyridines is 1. The summed E-state index contributed by atoms with van der Waals surface area (Å²) in [6.45, 7) is 1.25. The average Bonchev–Trinajstić information content (AvgIpc) is 3.70. The molecule has 5 heterocycles. The van der Waals surface area contributed by atoms with Crippen LogP contribution in [0.25, 0.3) is 22.4 Å². The highest BCUT2D eigenvalue weighted by atomic mass is 32.2. The second kappa shape index (κ2) is 9.40. The molecule has 0 saturated heterocycles. The smallest absolute Gasteiger partial charge is 0.196 e. The summed E-state index contributed by atoms with van der Waals surface area (Å²) in [4.78, 5) is 9.72. The van der Waals surface area contributed by atoms with Gasteiger partial charge in [0.2, 0.25) is 0 Å². The van der Waals surface area contributed by atoms with E-state index in [1.54, 1.807) is 25.6 Å². The fourth-order valence-corrected chi connectivity index (χ4v) is 7.10. The molecule has 1 atom stereocenters. The number of allylic oxidation sites excluding steroid dienone is 2. The minimum Gasteiger partial charge on any atom is -0.496 e. The van der Waals surface area contributed by atoms with Crippen LogP contribution < -0.4 is 20.2 Å². The predicted octanol–water partition coefficient (Wildman–Crippen LogP) is 5.38. The van der Waals surface area contributed by atoms with Gasteiger partial charge >= 0.3 is 0 Å². The predicted molar refractivity (Wildman–Crippen MR) is 147 cm³/mol. The Balaban J connectivity index is 1.14. The van der Waals surface area contributed by atoms with E-state index in [0.29, 0.717) is 29.4 Å². The lowest BCUT2D eigenvalue weighted by atomic mass is 9.64. The fourth-order valence-electron chi connectivity index (χ4n) is 5.18. The van der Waals surface area contributed by atoms with Crippen LogP contribution in [0, 0.1) is 0 Å². The highest BCUT2D eigenvalue weighted by Crippen LogP contribution is 2.50. The van der Waals surface area contributed by atoms with Gasteiger partial charge in [-0.1, -0.05) is 12.5 Å². The largest absolute Gasteiger partial charge is 0.496 e. The first-order valence-corrected chi connectivity index (χ1v) is 14.3. The standard InChI is InChI=1S/C27H27N5O4S2/c1-33-18-9-21(19-11-23(36-22(19)10-18)20-13-32-25(30-20)38-26(31-32)34-2)35-14-17-15-37-24(29-17)27(6-4-7-27)16-5-3-8-28-12-16/h3,5,8-11,13,15,26,28,31H,4,6-7,12,14H2,1-2H3. The highest BCUT2D eigenvalue weighted by molar-refractivity contribution is 7.99. The Hall–Kier alpha value is -3.41. The zero-order chi connectivity index (χ0) is 25.7. The maximum absolute atomic E-state index is 6.32. The Labute approximate surface area is 227 Å². The lowest BCUT2D eigenvalue weighted by Gasteiger charge is -2.43. The maximum atomic E-state index is 6.32. The second-order valence-electron chi connectivity index (χ2n) is 9.54. The van der Waals surface area contributed by atoms with Crippen LogP contribution in [0.5, 0.6) is 11.5 Å². The summed E-state index contributed by atoms with van der Waals surface area (Å²) in [6.07, 6.45) is 11.8. The van der Waals surface area contributed by atoms with Crippen molar-refractivity contribution >= 4 is 34.1 Å². The Kier molecular flexibility index (Phi) is 5.86. The summed E-state index contributed by atoms with van der Waals surface area (Å²) in [5.74, 6) is 2.01. The second-order valence-corrected chi connectivity index (χ2v) is 11.4. The third-order valence-electron chi connectivity index (χ3n) is 7.37. The molecule has 1 saturated carbocycles. The third kappa shape index (κ3) is 3.96. The van der Waals surface area contributed by atoms with Crippen molar-refractivity contribution in [1.82, 2.24) is 20.0 Å². The number of nitrogens with one attached hydrogen (secondary N) is 2. The number of aromatic nitrogens is 3. The van der Waals surface area contributed by atoms with Crippen molar-refractivity contribution in [3.8, 4) is 23.0 Å². The van der Waals surface area contributed by atoms with Gasteiger partial charge in [-0.3, -0.25) is 5.43 Å². The van der Waals surface area contributed by atoms with Crippen molar-refractivity contribution < 1.29 is 18.6 Å². The average molecular weight is 550 g/mol. The molecule has 0 spiro atoms. The van der Waals surface area contributed by atoms with Gasteiger partial charge in [-0.2, -0.15) is 0 Å². The lowest BCUT2D eigenvalue weighted by Crippen LogP contribution is -2.40. The highest BCUT2D eigenvalue weighted by Gasteiger charge is 2.44. The lowest BCUT2D eigenvalue weighted by molar-refractivity contribution is 0.187. The molecule has 38 heavy (non-hydrogen) atoms. The van der Waals surface area contributed by atoms with Crippen molar-refractivity contribution in [1.29, 1.82) is 0 Å². The number of thiazole rings is 1. The van der Waals surface area contributed by atoms with Crippen LogP contribution in [0.15, 0.2) is 63.3 Å². The van der Waals surface area contributed by atoms with Crippen molar-refractivity contribution in [3.63, 3.8) is 0 Å². The number of benzene rings is 1. The number of methoxy groups -OCH3 is 2. The van der Waals surface area contributed by atoms with E-state index in [1.807, 2.05) is 35.3 Å². The van der Waals surface area contributed by atoms with Gasteiger partial charge in [0.15, 0.2) is 16.5 Å². The number of hydrogen-bond donors (Lipinski definition) is 2. The minimum atomic E-state index is -0.148. The van der Waals surface area contributed by atoms with Gasteiger partial charge in [-0.25, -0.2) is 14.6 Å².